The number of amides is 2. The summed E-state index contributed by atoms with van der Waals surface area (Å²) < 4.78 is 43.7. The molecular weight excluding hydrogens is 431 g/mol. The Morgan fingerprint density at radius 1 is 1.16 bits per heavy atom. The van der Waals surface area contributed by atoms with Gasteiger partial charge in [-0.1, -0.05) is 12.1 Å². The van der Waals surface area contributed by atoms with Crippen molar-refractivity contribution in [1.82, 2.24) is 15.2 Å². The van der Waals surface area contributed by atoms with Gasteiger partial charge in [-0.05, 0) is 43.7 Å². The van der Waals surface area contributed by atoms with E-state index in [0.29, 0.717) is 24.2 Å². The first-order chi connectivity index (χ1) is 14.6. The molecule has 2 unspecified atom stereocenters. The molecule has 0 saturated carbocycles. The first-order valence-corrected chi connectivity index (χ1v) is 10.5. The number of ether oxygens (including phenoxy) is 1. The number of pyridine rings is 1. The number of nitrogens with one attached hydrogen (secondary N) is 1. The van der Waals surface area contributed by atoms with E-state index in [4.69, 9.17) is 4.74 Å². The van der Waals surface area contributed by atoms with Crippen LogP contribution >= 0.6 is 11.8 Å². The van der Waals surface area contributed by atoms with Crippen molar-refractivity contribution in [3.05, 3.63) is 59.3 Å². The molecule has 1 aromatic heterocycles. The third-order valence-electron chi connectivity index (χ3n) is 4.59. The maximum Gasteiger partial charge on any atom is 0.447 e. The van der Waals surface area contributed by atoms with Gasteiger partial charge in [0.15, 0.2) is 0 Å². The number of hydrogen-bond donors (Lipinski definition) is 1. The average molecular weight is 453 g/mol. The number of benzene rings is 1. The van der Waals surface area contributed by atoms with E-state index in [2.05, 4.69) is 10.3 Å². The lowest BCUT2D eigenvalue weighted by atomic mass is 10.1. The fraction of sp³-hybridized carbons (Fsp3) is 0.381. The second kappa shape index (κ2) is 9.69. The molecule has 1 N–H and O–H groups in total. The zero-order chi connectivity index (χ0) is 22.6. The van der Waals surface area contributed by atoms with Gasteiger partial charge in [-0.3, -0.25) is 9.59 Å². The van der Waals surface area contributed by atoms with Gasteiger partial charge in [0.25, 0.3) is 11.8 Å². The van der Waals surface area contributed by atoms with Crippen molar-refractivity contribution in [3.63, 3.8) is 0 Å². The number of morpholine rings is 1. The molecule has 1 aliphatic heterocycles. The number of halogens is 3. The summed E-state index contributed by atoms with van der Waals surface area (Å²) in [6.07, 6.45) is 1.14. The van der Waals surface area contributed by atoms with Crippen molar-refractivity contribution >= 4 is 23.6 Å². The summed E-state index contributed by atoms with van der Waals surface area (Å²) >= 11 is -0.427. The van der Waals surface area contributed by atoms with E-state index < -0.39 is 28.2 Å². The zero-order valence-corrected chi connectivity index (χ0v) is 17.8. The highest BCUT2D eigenvalue weighted by molar-refractivity contribution is 8.00. The predicted octanol–water partition coefficient (Wildman–Crippen LogP) is 3.87. The first-order valence-electron chi connectivity index (χ1n) is 9.65. The average Bonchev–Trinajstić information content (AvgIpc) is 2.70. The molecule has 0 bridgehead atoms. The zero-order valence-electron chi connectivity index (χ0n) is 17.0. The van der Waals surface area contributed by atoms with Crippen molar-refractivity contribution < 1.29 is 27.5 Å². The molecule has 0 radical (unpaired) electrons. The summed E-state index contributed by atoms with van der Waals surface area (Å²) in [6, 6.07) is 9.45. The summed E-state index contributed by atoms with van der Waals surface area (Å²) in [6.45, 7) is 4.98. The summed E-state index contributed by atoms with van der Waals surface area (Å²) in [5.41, 5.74) is -3.45. The van der Waals surface area contributed by atoms with E-state index in [1.165, 1.54) is 18.3 Å². The Balaban J connectivity index is 1.61. The molecule has 2 aromatic rings. The first kappa shape index (κ1) is 23.1. The summed E-state index contributed by atoms with van der Waals surface area (Å²) in [4.78, 5) is 30.5. The second-order valence-corrected chi connectivity index (χ2v) is 8.30. The van der Waals surface area contributed by atoms with Gasteiger partial charge >= 0.3 is 5.51 Å². The van der Waals surface area contributed by atoms with E-state index in [-0.39, 0.29) is 30.2 Å². The molecule has 1 aliphatic rings. The molecule has 2 atom stereocenters. The smallest absolute Gasteiger partial charge is 0.372 e. The maximum absolute atomic E-state index is 12.7. The van der Waals surface area contributed by atoms with Crippen LogP contribution in [0.1, 0.15) is 40.1 Å². The van der Waals surface area contributed by atoms with Crippen LogP contribution < -0.4 is 5.32 Å². The minimum Gasteiger partial charge on any atom is -0.372 e. The molecule has 1 aromatic carbocycles. The summed E-state index contributed by atoms with van der Waals surface area (Å²) in [5.74, 6) is -0.752. The number of carbonyl (C=O) groups excluding carboxylic acids is 2. The second-order valence-electron chi connectivity index (χ2n) is 7.25. The van der Waals surface area contributed by atoms with Gasteiger partial charge in [-0.2, -0.15) is 13.2 Å². The van der Waals surface area contributed by atoms with Crippen molar-refractivity contribution in [2.45, 2.75) is 43.1 Å². The molecule has 0 aliphatic carbocycles. The Hall–Kier alpha value is -2.59. The number of carbonyl (C=O) groups is 2. The molecule has 31 heavy (non-hydrogen) atoms. The van der Waals surface area contributed by atoms with Gasteiger partial charge in [-0.15, -0.1) is 0 Å². The highest BCUT2D eigenvalue weighted by atomic mass is 32.2. The Morgan fingerprint density at radius 2 is 1.81 bits per heavy atom. The lowest BCUT2D eigenvalue weighted by Crippen LogP contribution is -2.48. The number of nitrogens with zero attached hydrogens (tertiary/aromatic N) is 2. The standard InChI is InChI=1S/C21H22F3N3O3S/c1-13-11-27(12-14(2)30-13)20(29)16-7-5-15(6-8-16)10-26-18(28)17-4-3-9-25-19(17)31-21(22,23)24/h3-9,13-14H,10-12H2,1-2H3,(H,26,28). The number of rotatable bonds is 5. The van der Waals surface area contributed by atoms with Crippen LogP contribution in [0.25, 0.3) is 0 Å². The summed E-state index contributed by atoms with van der Waals surface area (Å²) in [7, 11) is 0. The third kappa shape index (κ3) is 6.44. The highest BCUT2D eigenvalue weighted by Gasteiger charge is 2.32. The Morgan fingerprint density at radius 3 is 2.42 bits per heavy atom. The SMILES string of the molecule is CC1CN(C(=O)c2ccc(CNC(=O)c3cccnc3SC(F)(F)F)cc2)CC(C)O1. The topological polar surface area (TPSA) is 71.5 Å². The molecule has 3 rings (SSSR count). The molecule has 1 fully saturated rings. The molecule has 166 valence electrons. The number of thioether (sulfide) groups is 1. The van der Waals surface area contributed by atoms with Crippen LogP contribution in [0.15, 0.2) is 47.6 Å². The molecule has 6 nitrogen and oxygen atoms in total. The quantitative estimate of drug-likeness (QED) is 0.696. The van der Waals surface area contributed by atoms with Gasteiger partial charge < -0.3 is 15.0 Å². The summed E-state index contributed by atoms with van der Waals surface area (Å²) in [5, 5.41) is 2.19. The highest BCUT2D eigenvalue weighted by Crippen LogP contribution is 2.37. The minimum atomic E-state index is -4.54. The van der Waals surface area contributed by atoms with Crippen molar-refractivity contribution in [2.24, 2.45) is 0 Å². The van der Waals surface area contributed by atoms with Crippen LogP contribution in [-0.4, -0.2) is 52.5 Å². The van der Waals surface area contributed by atoms with Crippen molar-refractivity contribution in [2.75, 3.05) is 13.1 Å². The maximum atomic E-state index is 12.7. The van der Waals surface area contributed by atoms with Gasteiger partial charge in [0.2, 0.25) is 0 Å². The fourth-order valence-electron chi connectivity index (χ4n) is 3.32. The number of alkyl halides is 3. The predicted molar refractivity (Wildman–Crippen MR) is 110 cm³/mol. The van der Waals surface area contributed by atoms with Crippen LogP contribution in [0, 0.1) is 0 Å². The van der Waals surface area contributed by atoms with Crippen LogP contribution in [0.2, 0.25) is 0 Å². The van der Waals surface area contributed by atoms with Crippen LogP contribution in [-0.2, 0) is 11.3 Å². The van der Waals surface area contributed by atoms with E-state index in [1.54, 1.807) is 29.2 Å². The minimum absolute atomic E-state index is 0.0323. The lowest BCUT2D eigenvalue weighted by molar-refractivity contribution is -0.0586. The van der Waals surface area contributed by atoms with Crippen LogP contribution in [0.5, 0.6) is 0 Å². The van der Waals surface area contributed by atoms with E-state index in [0.717, 1.165) is 0 Å². The number of hydrogen-bond acceptors (Lipinski definition) is 5. The third-order valence-corrected chi connectivity index (χ3v) is 5.34. The van der Waals surface area contributed by atoms with E-state index >= 15 is 0 Å². The molecule has 10 heteroatoms. The van der Waals surface area contributed by atoms with Crippen molar-refractivity contribution in [3.8, 4) is 0 Å². The van der Waals surface area contributed by atoms with Crippen LogP contribution in [0.4, 0.5) is 13.2 Å². The Bertz CT molecular complexity index is 927. The van der Waals surface area contributed by atoms with Crippen LogP contribution in [0.3, 0.4) is 0 Å². The van der Waals surface area contributed by atoms with Gasteiger partial charge in [0.1, 0.15) is 5.03 Å². The molecular formula is C21H22F3N3O3S. The van der Waals surface area contributed by atoms with E-state index in [9.17, 15) is 22.8 Å². The normalized spacial score (nSPS) is 19.2. The molecule has 2 amide bonds. The van der Waals surface area contributed by atoms with Gasteiger partial charge in [-0.25, -0.2) is 4.98 Å². The monoisotopic (exact) mass is 453 g/mol. The lowest BCUT2D eigenvalue weighted by Gasteiger charge is -2.35. The van der Waals surface area contributed by atoms with Crippen molar-refractivity contribution in [1.29, 1.82) is 0 Å². The molecule has 1 saturated heterocycles. The number of aromatic nitrogens is 1. The van der Waals surface area contributed by atoms with Gasteiger partial charge in [0.05, 0.1) is 17.8 Å². The Kier molecular flexibility index (Phi) is 7.22. The molecule has 0 spiro atoms. The largest absolute Gasteiger partial charge is 0.447 e. The van der Waals surface area contributed by atoms with Gasteiger partial charge in [0, 0.05) is 43.2 Å². The van der Waals surface area contributed by atoms with E-state index in [1.807, 2.05) is 13.8 Å². The fourth-order valence-corrected chi connectivity index (χ4v) is 3.93. The Labute approximate surface area is 182 Å². The molecule has 2 heterocycles.